The predicted octanol–water partition coefficient (Wildman–Crippen LogP) is 1.81. The van der Waals surface area contributed by atoms with Gasteiger partial charge in [0.2, 0.25) is 0 Å². The number of aromatic nitrogens is 2. The molecule has 0 unspecified atom stereocenters. The molecule has 1 aliphatic carbocycles. The largest absolute Gasteiger partial charge is 0.366 e. The molecular weight excluding hydrogens is 242 g/mol. The minimum atomic E-state index is -0.0589. The van der Waals surface area contributed by atoms with Crippen LogP contribution in [0.2, 0.25) is 0 Å². The first-order valence-electron chi connectivity index (χ1n) is 6.09. The van der Waals surface area contributed by atoms with Gasteiger partial charge in [-0.2, -0.15) is 4.98 Å². The highest BCUT2D eigenvalue weighted by Crippen LogP contribution is 2.32. The fourth-order valence-electron chi connectivity index (χ4n) is 2.45. The van der Waals surface area contributed by atoms with Crippen molar-refractivity contribution in [2.45, 2.75) is 37.7 Å². The summed E-state index contributed by atoms with van der Waals surface area (Å²) in [6, 6.07) is 0. The van der Waals surface area contributed by atoms with Gasteiger partial charge < -0.3 is 14.6 Å². The number of nitrogens with one attached hydrogen (secondary N) is 1. The number of morpholine rings is 1. The van der Waals surface area contributed by atoms with Crippen LogP contribution in [-0.2, 0) is 4.74 Å². The van der Waals surface area contributed by atoms with Crippen molar-refractivity contribution >= 4 is 12.4 Å². The summed E-state index contributed by atoms with van der Waals surface area (Å²) in [7, 11) is 0. The van der Waals surface area contributed by atoms with Crippen LogP contribution in [0.3, 0.4) is 0 Å². The molecule has 2 heterocycles. The van der Waals surface area contributed by atoms with Gasteiger partial charge in [-0.1, -0.05) is 18.0 Å². The first kappa shape index (κ1) is 12.8. The Balaban J connectivity index is 0.00000108. The van der Waals surface area contributed by atoms with E-state index in [1.807, 2.05) is 0 Å². The third-order valence-electron chi connectivity index (χ3n) is 3.38. The molecule has 6 heteroatoms. The maximum atomic E-state index is 5.58. The monoisotopic (exact) mass is 259 g/mol. The Morgan fingerprint density at radius 3 is 2.76 bits per heavy atom. The van der Waals surface area contributed by atoms with Crippen molar-refractivity contribution in [1.82, 2.24) is 15.5 Å². The molecule has 1 saturated heterocycles. The summed E-state index contributed by atoms with van der Waals surface area (Å²) in [6.45, 7) is 2.39. The highest BCUT2D eigenvalue weighted by Gasteiger charge is 2.26. The lowest BCUT2D eigenvalue weighted by Gasteiger charge is -2.19. The quantitative estimate of drug-likeness (QED) is 0.878. The van der Waals surface area contributed by atoms with Crippen LogP contribution in [0.1, 0.15) is 49.4 Å². The second-order valence-electron chi connectivity index (χ2n) is 4.54. The van der Waals surface area contributed by atoms with Crippen LogP contribution in [0.4, 0.5) is 0 Å². The second kappa shape index (κ2) is 5.80. The molecule has 0 amide bonds. The van der Waals surface area contributed by atoms with Gasteiger partial charge in [0.15, 0.2) is 5.82 Å². The molecule has 17 heavy (non-hydrogen) atoms. The summed E-state index contributed by atoms with van der Waals surface area (Å²) in [6.07, 6.45) is 4.91. The minimum Gasteiger partial charge on any atom is -0.366 e. The van der Waals surface area contributed by atoms with Crippen molar-refractivity contribution in [3.63, 3.8) is 0 Å². The van der Waals surface area contributed by atoms with E-state index >= 15 is 0 Å². The van der Waals surface area contributed by atoms with Gasteiger partial charge in [-0.25, -0.2) is 0 Å². The lowest BCUT2D eigenvalue weighted by molar-refractivity contribution is 0.00755. The molecule has 0 spiro atoms. The highest BCUT2D eigenvalue weighted by atomic mass is 35.5. The standard InChI is InChI=1S/C11H17N3O2.ClH/c1-2-4-8(3-1)10-13-11(16-14-10)9-7-12-5-6-15-9;/h8-9,12H,1-7H2;1H/t9-;/m0./s1. The van der Waals surface area contributed by atoms with E-state index in [4.69, 9.17) is 9.26 Å². The molecule has 1 atom stereocenters. The van der Waals surface area contributed by atoms with Crippen LogP contribution in [-0.4, -0.2) is 29.8 Å². The van der Waals surface area contributed by atoms with Crippen LogP contribution in [0.25, 0.3) is 0 Å². The van der Waals surface area contributed by atoms with E-state index in [2.05, 4.69) is 15.5 Å². The zero-order valence-electron chi connectivity index (χ0n) is 9.72. The first-order chi connectivity index (χ1) is 7.93. The minimum absolute atomic E-state index is 0. The molecular formula is C11H18ClN3O2. The number of hydrogen-bond acceptors (Lipinski definition) is 5. The molecule has 1 saturated carbocycles. The summed E-state index contributed by atoms with van der Waals surface area (Å²) in [5, 5.41) is 7.34. The van der Waals surface area contributed by atoms with Crippen LogP contribution >= 0.6 is 12.4 Å². The molecule has 5 nitrogen and oxygen atoms in total. The molecule has 1 aromatic rings. The number of rotatable bonds is 2. The molecule has 1 N–H and O–H groups in total. The summed E-state index contributed by atoms with van der Waals surface area (Å²) in [4.78, 5) is 4.47. The molecule has 0 radical (unpaired) electrons. The van der Waals surface area contributed by atoms with E-state index in [0.717, 1.165) is 18.9 Å². The fourth-order valence-corrected chi connectivity index (χ4v) is 2.45. The van der Waals surface area contributed by atoms with E-state index in [-0.39, 0.29) is 18.5 Å². The average Bonchev–Trinajstić information content (AvgIpc) is 3.01. The smallest absolute Gasteiger partial charge is 0.257 e. The van der Waals surface area contributed by atoms with Gasteiger partial charge in [0.1, 0.15) is 6.10 Å². The van der Waals surface area contributed by atoms with Crippen molar-refractivity contribution < 1.29 is 9.26 Å². The van der Waals surface area contributed by atoms with Crippen LogP contribution in [0.5, 0.6) is 0 Å². The van der Waals surface area contributed by atoms with E-state index < -0.39 is 0 Å². The van der Waals surface area contributed by atoms with E-state index in [1.54, 1.807) is 0 Å². The van der Waals surface area contributed by atoms with Gasteiger partial charge >= 0.3 is 0 Å². The second-order valence-corrected chi connectivity index (χ2v) is 4.54. The zero-order valence-corrected chi connectivity index (χ0v) is 10.5. The Morgan fingerprint density at radius 2 is 2.06 bits per heavy atom. The topological polar surface area (TPSA) is 60.2 Å². The molecule has 2 fully saturated rings. The molecule has 1 aliphatic heterocycles. The van der Waals surface area contributed by atoms with Gasteiger partial charge in [-0.15, -0.1) is 12.4 Å². The number of ether oxygens (including phenoxy) is 1. The molecule has 3 rings (SSSR count). The normalized spacial score (nSPS) is 25.8. The number of halogens is 1. The Labute approximate surface area is 107 Å². The Hall–Kier alpha value is -0.650. The van der Waals surface area contributed by atoms with Gasteiger partial charge in [-0.05, 0) is 12.8 Å². The predicted molar refractivity (Wildman–Crippen MR) is 64.3 cm³/mol. The summed E-state index contributed by atoms with van der Waals surface area (Å²) in [5.41, 5.74) is 0. The Bertz CT molecular complexity index is 346. The number of nitrogens with zero attached hydrogens (tertiary/aromatic N) is 2. The average molecular weight is 260 g/mol. The maximum absolute atomic E-state index is 5.58. The highest BCUT2D eigenvalue weighted by molar-refractivity contribution is 5.85. The Kier molecular flexibility index (Phi) is 4.36. The lowest BCUT2D eigenvalue weighted by Crippen LogP contribution is -2.33. The van der Waals surface area contributed by atoms with Crippen LogP contribution in [0, 0.1) is 0 Å². The van der Waals surface area contributed by atoms with E-state index in [1.165, 1.54) is 25.7 Å². The first-order valence-corrected chi connectivity index (χ1v) is 6.09. The zero-order chi connectivity index (χ0) is 10.8. The lowest BCUT2D eigenvalue weighted by atomic mass is 10.1. The van der Waals surface area contributed by atoms with Crippen LogP contribution < -0.4 is 5.32 Å². The molecule has 2 aliphatic rings. The van der Waals surface area contributed by atoms with Crippen molar-refractivity contribution in [3.8, 4) is 0 Å². The van der Waals surface area contributed by atoms with Crippen molar-refractivity contribution in [3.05, 3.63) is 11.7 Å². The fraction of sp³-hybridized carbons (Fsp3) is 0.818. The number of hydrogen-bond donors (Lipinski definition) is 1. The molecule has 0 aromatic carbocycles. The van der Waals surface area contributed by atoms with Crippen molar-refractivity contribution in [2.24, 2.45) is 0 Å². The third kappa shape index (κ3) is 2.78. The molecule has 0 bridgehead atoms. The third-order valence-corrected chi connectivity index (χ3v) is 3.38. The maximum Gasteiger partial charge on any atom is 0.257 e. The Morgan fingerprint density at radius 1 is 1.24 bits per heavy atom. The van der Waals surface area contributed by atoms with Crippen molar-refractivity contribution in [1.29, 1.82) is 0 Å². The summed E-state index contributed by atoms with van der Waals surface area (Å²) < 4.78 is 10.9. The van der Waals surface area contributed by atoms with Gasteiger partial charge in [0, 0.05) is 19.0 Å². The summed E-state index contributed by atoms with van der Waals surface area (Å²) >= 11 is 0. The summed E-state index contributed by atoms with van der Waals surface area (Å²) in [5.74, 6) is 2.02. The van der Waals surface area contributed by atoms with Crippen LogP contribution in [0.15, 0.2) is 4.52 Å². The van der Waals surface area contributed by atoms with Gasteiger partial charge in [0.25, 0.3) is 5.89 Å². The van der Waals surface area contributed by atoms with E-state index in [9.17, 15) is 0 Å². The van der Waals surface area contributed by atoms with Crippen molar-refractivity contribution in [2.75, 3.05) is 19.7 Å². The van der Waals surface area contributed by atoms with E-state index in [0.29, 0.717) is 18.4 Å². The molecule has 1 aromatic heterocycles. The van der Waals surface area contributed by atoms with Gasteiger partial charge in [0.05, 0.1) is 6.61 Å². The SMILES string of the molecule is C1CCC(c2noc([C@@H]3CNCCO3)n2)C1.Cl. The molecule has 96 valence electrons. The van der Waals surface area contributed by atoms with Gasteiger partial charge in [-0.3, -0.25) is 0 Å².